The van der Waals surface area contributed by atoms with Crippen LogP contribution in [-0.4, -0.2) is 51.9 Å². The Balaban J connectivity index is 3.02. The Hall–Kier alpha value is -1.71. The molecule has 1 aromatic heterocycles. The molecular weight excluding hydrogens is 393 g/mol. The first kappa shape index (κ1) is 24.3. The van der Waals surface area contributed by atoms with Crippen LogP contribution in [0.1, 0.15) is 51.7 Å². The number of unbranched alkanes of at least 4 members (excludes halogenated alkanes) is 4. The Morgan fingerprint density at radius 2 is 2.11 bits per heavy atom. The number of esters is 1. The standard InChI is InChI=1S/C18H29ClFN3O5/c1-3-4-5-6-7-8-14(25)28-15(18(11-19,12-24)27-2)16(20)23-10-9-13(21)22-17(23)26/h9-10,15-16,24H,3-8,11-12H2,1-2H3,(H2,21,22,26)/t15-,16-,18+/m0/s1. The number of hydrogen-bond donors (Lipinski definition) is 2. The van der Waals surface area contributed by atoms with Gasteiger partial charge in [0.2, 0.25) is 6.30 Å². The van der Waals surface area contributed by atoms with Gasteiger partial charge in [-0.05, 0) is 12.5 Å². The molecule has 0 amide bonds. The first-order chi connectivity index (χ1) is 13.3. The summed E-state index contributed by atoms with van der Waals surface area (Å²) in [5.41, 5.74) is 2.72. The summed E-state index contributed by atoms with van der Waals surface area (Å²) in [5.74, 6) is -1.11. The quantitative estimate of drug-likeness (QED) is 0.285. The largest absolute Gasteiger partial charge is 0.454 e. The highest BCUT2D eigenvalue weighted by Crippen LogP contribution is 2.30. The lowest BCUT2D eigenvalue weighted by molar-refractivity contribution is -0.190. The van der Waals surface area contributed by atoms with Crippen LogP contribution < -0.4 is 11.4 Å². The maximum absolute atomic E-state index is 15.3. The molecule has 0 unspecified atom stereocenters. The number of hydrogen-bond acceptors (Lipinski definition) is 7. The number of aliphatic hydroxyl groups is 1. The molecule has 10 heteroatoms. The summed E-state index contributed by atoms with van der Waals surface area (Å²) in [6.07, 6.45) is 1.89. The average Bonchev–Trinajstić information content (AvgIpc) is 2.68. The zero-order valence-electron chi connectivity index (χ0n) is 16.3. The molecule has 8 nitrogen and oxygen atoms in total. The number of carbonyl (C=O) groups excluding carboxylic acids is 1. The number of anilines is 1. The second-order valence-corrected chi connectivity index (χ2v) is 6.82. The first-order valence-corrected chi connectivity index (χ1v) is 9.78. The van der Waals surface area contributed by atoms with Gasteiger partial charge in [0.25, 0.3) is 0 Å². The molecule has 1 aromatic rings. The van der Waals surface area contributed by atoms with E-state index in [4.69, 9.17) is 26.8 Å². The van der Waals surface area contributed by atoms with Crippen LogP contribution in [0.3, 0.4) is 0 Å². The van der Waals surface area contributed by atoms with Gasteiger partial charge in [-0.2, -0.15) is 4.98 Å². The minimum absolute atomic E-state index is 0.0772. The highest BCUT2D eigenvalue weighted by molar-refractivity contribution is 6.18. The van der Waals surface area contributed by atoms with Gasteiger partial charge < -0.3 is 20.3 Å². The molecular formula is C18H29ClFN3O5. The summed E-state index contributed by atoms with van der Waals surface area (Å²) >= 11 is 5.89. The van der Waals surface area contributed by atoms with E-state index in [1.807, 2.05) is 0 Å². The van der Waals surface area contributed by atoms with E-state index in [1.165, 1.54) is 13.2 Å². The Bertz CT molecular complexity index is 661. The van der Waals surface area contributed by atoms with Crippen molar-refractivity contribution in [1.82, 2.24) is 9.55 Å². The molecule has 0 aliphatic rings. The van der Waals surface area contributed by atoms with Crippen LogP contribution >= 0.6 is 11.6 Å². The molecule has 0 saturated carbocycles. The fourth-order valence-electron chi connectivity index (χ4n) is 2.69. The molecule has 0 fully saturated rings. The zero-order chi connectivity index (χ0) is 21.2. The molecule has 28 heavy (non-hydrogen) atoms. The average molecular weight is 422 g/mol. The van der Waals surface area contributed by atoms with Gasteiger partial charge in [0.15, 0.2) is 6.10 Å². The minimum atomic E-state index is -2.18. The molecule has 1 heterocycles. The third-order valence-corrected chi connectivity index (χ3v) is 4.98. The Morgan fingerprint density at radius 1 is 1.43 bits per heavy atom. The van der Waals surface area contributed by atoms with Crippen molar-refractivity contribution in [3.05, 3.63) is 22.7 Å². The first-order valence-electron chi connectivity index (χ1n) is 9.25. The van der Waals surface area contributed by atoms with E-state index in [0.29, 0.717) is 11.0 Å². The molecule has 160 valence electrons. The van der Waals surface area contributed by atoms with Crippen molar-refractivity contribution < 1.29 is 23.8 Å². The number of rotatable bonds is 13. The second-order valence-electron chi connectivity index (χ2n) is 6.55. The highest BCUT2D eigenvalue weighted by Gasteiger charge is 2.47. The van der Waals surface area contributed by atoms with Crippen molar-refractivity contribution in [2.75, 3.05) is 25.3 Å². The van der Waals surface area contributed by atoms with E-state index < -0.39 is 36.3 Å². The third kappa shape index (κ3) is 6.42. The lowest BCUT2D eigenvalue weighted by Crippen LogP contribution is -2.55. The molecule has 0 aliphatic heterocycles. The number of nitrogens with two attached hydrogens (primary N) is 1. The van der Waals surface area contributed by atoms with E-state index in [9.17, 15) is 14.7 Å². The Kier molecular flexibility index (Phi) is 10.4. The number of ether oxygens (including phenoxy) is 2. The van der Waals surface area contributed by atoms with Gasteiger partial charge in [-0.3, -0.25) is 9.36 Å². The van der Waals surface area contributed by atoms with Crippen molar-refractivity contribution in [2.24, 2.45) is 0 Å². The fourth-order valence-corrected chi connectivity index (χ4v) is 3.04. The van der Waals surface area contributed by atoms with E-state index in [-0.39, 0.29) is 18.1 Å². The normalized spacial score (nSPS) is 15.6. The van der Waals surface area contributed by atoms with Crippen LogP contribution in [0.15, 0.2) is 17.1 Å². The van der Waals surface area contributed by atoms with Gasteiger partial charge in [-0.15, -0.1) is 11.6 Å². The van der Waals surface area contributed by atoms with Crippen molar-refractivity contribution in [3.63, 3.8) is 0 Å². The van der Waals surface area contributed by atoms with E-state index in [1.54, 1.807) is 0 Å². The van der Waals surface area contributed by atoms with Crippen LogP contribution in [0.4, 0.5) is 10.2 Å². The number of nitrogens with zero attached hydrogens (tertiary/aromatic N) is 2. The van der Waals surface area contributed by atoms with E-state index in [0.717, 1.165) is 31.9 Å². The monoisotopic (exact) mass is 421 g/mol. The number of methoxy groups -OCH3 is 1. The lowest BCUT2D eigenvalue weighted by Gasteiger charge is -2.37. The maximum Gasteiger partial charge on any atom is 0.351 e. The Labute approximate surface area is 168 Å². The summed E-state index contributed by atoms with van der Waals surface area (Å²) in [5, 5.41) is 9.75. The summed E-state index contributed by atoms with van der Waals surface area (Å²) < 4.78 is 26.4. The van der Waals surface area contributed by atoms with Crippen molar-refractivity contribution >= 4 is 23.4 Å². The SMILES string of the molecule is CCCCCCCC(=O)O[C@@H]([C@@H](F)n1ccc(N)nc1=O)[C@](CO)(CCl)OC. The van der Waals surface area contributed by atoms with Gasteiger partial charge in [0.1, 0.15) is 11.4 Å². The summed E-state index contributed by atoms with van der Waals surface area (Å²) in [4.78, 5) is 27.7. The molecule has 0 spiro atoms. The van der Waals surface area contributed by atoms with Gasteiger partial charge >= 0.3 is 11.7 Å². The lowest BCUT2D eigenvalue weighted by atomic mass is 9.98. The maximum atomic E-state index is 15.3. The summed E-state index contributed by atoms with van der Waals surface area (Å²) in [6, 6.07) is 1.23. The predicted octanol–water partition coefficient (Wildman–Crippen LogP) is 2.18. The number of carbonyl (C=O) groups is 1. The van der Waals surface area contributed by atoms with Crippen LogP contribution in [0, 0.1) is 0 Å². The molecule has 0 aromatic carbocycles. The van der Waals surface area contributed by atoms with Crippen LogP contribution in [0.5, 0.6) is 0 Å². The van der Waals surface area contributed by atoms with Crippen LogP contribution in [0.2, 0.25) is 0 Å². The molecule has 0 radical (unpaired) electrons. The zero-order valence-corrected chi connectivity index (χ0v) is 17.0. The van der Waals surface area contributed by atoms with Gasteiger partial charge in [0, 0.05) is 19.7 Å². The van der Waals surface area contributed by atoms with E-state index >= 15 is 4.39 Å². The summed E-state index contributed by atoms with van der Waals surface area (Å²) in [7, 11) is 1.21. The molecule has 0 saturated heterocycles. The Morgan fingerprint density at radius 3 is 2.64 bits per heavy atom. The molecule has 1 rings (SSSR count). The minimum Gasteiger partial charge on any atom is -0.454 e. The topological polar surface area (TPSA) is 117 Å². The highest BCUT2D eigenvalue weighted by atomic mass is 35.5. The summed E-state index contributed by atoms with van der Waals surface area (Å²) in [6.45, 7) is 1.36. The molecule has 0 aliphatic carbocycles. The predicted molar refractivity (Wildman–Crippen MR) is 104 cm³/mol. The van der Waals surface area contributed by atoms with Gasteiger partial charge in [-0.25, -0.2) is 9.18 Å². The van der Waals surface area contributed by atoms with Gasteiger partial charge in [0.05, 0.1) is 12.5 Å². The number of aromatic nitrogens is 2. The number of aliphatic hydroxyl groups excluding tert-OH is 1. The van der Waals surface area contributed by atoms with Crippen molar-refractivity contribution in [2.45, 2.75) is 63.4 Å². The second kappa shape index (κ2) is 12.0. The number of halogens is 2. The number of alkyl halides is 2. The molecule has 3 N–H and O–H groups in total. The molecule has 0 bridgehead atoms. The third-order valence-electron chi connectivity index (χ3n) is 4.53. The number of nitrogen functional groups attached to an aromatic ring is 1. The van der Waals surface area contributed by atoms with Gasteiger partial charge in [-0.1, -0.05) is 32.6 Å². The van der Waals surface area contributed by atoms with Crippen molar-refractivity contribution in [1.29, 1.82) is 0 Å². The van der Waals surface area contributed by atoms with Crippen LogP contribution in [-0.2, 0) is 14.3 Å². The smallest absolute Gasteiger partial charge is 0.351 e. The van der Waals surface area contributed by atoms with Crippen LogP contribution in [0.25, 0.3) is 0 Å². The van der Waals surface area contributed by atoms with Crippen molar-refractivity contribution in [3.8, 4) is 0 Å². The van der Waals surface area contributed by atoms with E-state index in [2.05, 4.69) is 11.9 Å². The fraction of sp³-hybridized carbons (Fsp3) is 0.722. The molecule has 3 atom stereocenters.